The molecule has 0 aliphatic heterocycles. The van der Waals surface area contributed by atoms with Gasteiger partial charge in [-0.05, 0) is 31.0 Å². The molecule has 2 atom stereocenters. The van der Waals surface area contributed by atoms with Crippen molar-refractivity contribution in [2.24, 2.45) is 0 Å². The monoisotopic (exact) mass is 265 g/mol. The van der Waals surface area contributed by atoms with Crippen molar-refractivity contribution in [3.63, 3.8) is 0 Å². The highest BCUT2D eigenvalue weighted by Crippen LogP contribution is 2.13. The fraction of sp³-hybridized carbons (Fsp3) is 0.500. The van der Waals surface area contributed by atoms with E-state index < -0.39 is 10.8 Å². The minimum Gasteiger partial charge on any atom is -0.494 e. The molecule has 0 aliphatic carbocycles. The Morgan fingerprint density at radius 2 is 2.28 bits per heavy atom. The summed E-state index contributed by atoms with van der Waals surface area (Å²) in [6.45, 7) is 4.59. The highest BCUT2D eigenvalue weighted by Gasteiger charge is 2.07. The zero-order valence-electron chi connectivity index (χ0n) is 10.9. The van der Waals surface area contributed by atoms with Gasteiger partial charge in [0.1, 0.15) is 5.75 Å². The molecular formula is C14H19NO2S. The number of nitrogens with zero attached hydrogens (tertiary/aromatic N) is 1. The predicted molar refractivity (Wildman–Crippen MR) is 74.0 cm³/mol. The summed E-state index contributed by atoms with van der Waals surface area (Å²) >= 11 is 0. The van der Waals surface area contributed by atoms with E-state index in [0.29, 0.717) is 23.7 Å². The molecule has 98 valence electrons. The molecule has 0 heterocycles. The third-order valence-corrected chi connectivity index (χ3v) is 4.67. The van der Waals surface area contributed by atoms with Crippen LogP contribution in [-0.4, -0.2) is 21.8 Å². The van der Waals surface area contributed by atoms with Crippen molar-refractivity contribution in [1.82, 2.24) is 0 Å². The van der Waals surface area contributed by atoms with Crippen LogP contribution in [0.2, 0.25) is 0 Å². The summed E-state index contributed by atoms with van der Waals surface area (Å²) in [5.41, 5.74) is 0.593. The van der Waals surface area contributed by atoms with E-state index in [0.717, 1.165) is 12.8 Å². The lowest BCUT2D eigenvalue weighted by Gasteiger charge is -2.09. The smallest absolute Gasteiger partial charge is 0.120 e. The van der Waals surface area contributed by atoms with Gasteiger partial charge in [0, 0.05) is 21.8 Å². The van der Waals surface area contributed by atoms with Crippen molar-refractivity contribution in [2.45, 2.75) is 31.9 Å². The maximum absolute atomic E-state index is 11.7. The molecule has 0 aromatic heterocycles. The third kappa shape index (κ3) is 4.89. The molecule has 18 heavy (non-hydrogen) atoms. The molecule has 0 fully saturated rings. The molecule has 0 spiro atoms. The van der Waals surface area contributed by atoms with Crippen LogP contribution < -0.4 is 4.74 Å². The standard InChI is InChI=1S/C14H19NO2S/c1-3-12(2)18(16)9-5-8-17-14-7-4-6-13(10-14)11-15/h4,6-7,10,12H,3,5,8-9H2,1-2H3. The zero-order chi connectivity index (χ0) is 13.4. The number of nitriles is 1. The van der Waals surface area contributed by atoms with Crippen LogP contribution in [0, 0.1) is 11.3 Å². The Hall–Kier alpha value is -1.34. The van der Waals surface area contributed by atoms with Crippen LogP contribution in [0.4, 0.5) is 0 Å². The van der Waals surface area contributed by atoms with Crippen LogP contribution in [-0.2, 0) is 10.8 Å². The summed E-state index contributed by atoms with van der Waals surface area (Å²) in [7, 11) is -0.761. The van der Waals surface area contributed by atoms with Gasteiger partial charge >= 0.3 is 0 Å². The fourth-order valence-corrected chi connectivity index (χ4v) is 2.61. The summed E-state index contributed by atoms with van der Waals surface area (Å²) in [6, 6.07) is 9.15. The summed E-state index contributed by atoms with van der Waals surface area (Å²) in [4.78, 5) is 0. The summed E-state index contributed by atoms with van der Waals surface area (Å²) in [6.07, 6.45) is 1.71. The topological polar surface area (TPSA) is 50.1 Å². The molecule has 3 nitrogen and oxygen atoms in total. The van der Waals surface area contributed by atoms with Gasteiger partial charge in [-0.15, -0.1) is 0 Å². The van der Waals surface area contributed by atoms with Crippen LogP contribution in [0.5, 0.6) is 5.75 Å². The Labute approximate surface area is 111 Å². The van der Waals surface area contributed by atoms with E-state index in [9.17, 15) is 4.21 Å². The molecule has 0 saturated heterocycles. The van der Waals surface area contributed by atoms with Gasteiger partial charge in [-0.25, -0.2) is 0 Å². The van der Waals surface area contributed by atoms with Crippen LogP contribution in [0.15, 0.2) is 24.3 Å². The minimum atomic E-state index is -0.761. The number of rotatable bonds is 7. The molecule has 0 saturated carbocycles. The molecule has 0 bridgehead atoms. The summed E-state index contributed by atoms with van der Waals surface area (Å²) < 4.78 is 17.2. The molecule has 4 heteroatoms. The van der Waals surface area contributed by atoms with Crippen molar-refractivity contribution >= 4 is 10.8 Å². The first-order valence-electron chi connectivity index (χ1n) is 6.17. The number of hydrogen-bond donors (Lipinski definition) is 0. The van der Waals surface area contributed by atoms with Gasteiger partial charge in [-0.2, -0.15) is 5.26 Å². The average molecular weight is 265 g/mol. The Morgan fingerprint density at radius 1 is 1.50 bits per heavy atom. The molecule has 0 radical (unpaired) electrons. The minimum absolute atomic E-state index is 0.256. The Morgan fingerprint density at radius 3 is 2.94 bits per heavy atom. The fourth-order valence-electron chi connectivity index (χ4n) is 1.43. The molecule has 0 amide bonds. The van der Waals surface area contributed by atoms with E-state index in [1.54, 1.807) is 18.2 Å². The van der Waals surface area contributed by atoms with Crippen LogP contribution in [0.3, 0.4) is 0 Å². The van der Waals surface area contributed by atoms with Crippen LogP contribution >= 0.6 is 0 Å². The Bertz CT molecular complexity index is 440. The lowest BCUT2D eigenvalue weighted by molar-refractivity contribution is 0.318. The van der Waals surface area contributed by atoms with E-state index in [2.05, 4.69) is 6.07 Å². The largest absolute Gasteiger partial charge is 0.494 e. The van der Waals surface area contributed by atoms with Crippen LogP contribution in [0.1, 0.15) is 32.3 Å². The molecule has 1 aromatic rings. The lowest BCUT2D eigenvalue weighted by atomic mass is 10.2. The third-order valence-electron chi connectivity index (χ3n) is 2.75. The molecule has 0 aliphatic rings. The summed E-state index contributed by atoms with van der Waals surface area (Å²) in [5, 5.41) is 9.01. The van der Waals surface area contributed by atoms with Crippen molar-refractivity contribution in [3.8, 4) is 11.8 Å². The van der Waals surface area contributed by atoms with Gasteiger partial charge in [0.05, 0.1) is 18.2 Å². The summed E-state index contributed by atoms with van der Waals surface area (Å²) in [5.74, 6) is 1.37. The molecule has 2 unspecified atom stereocenters. The molecular weight excluding hydrogens is 246 g/mol. The highest BCUT2D eigenvalue weighted by atomic mass is 32.2. The van der Waals surface area contributed by atoms with Gasteiger partial charge in [0.2, 0.25) is 0 Å². The number of benzene rings is 1. The second-order valence-corrected chi connectivity index (χ2v) is 6.12. The van der Waals surface area contributed by atoms with Gasteiger partial charge < -0.3 is 4.74 Å². The predicted octanol–water partition coefficient (Wildman–Crippen LogP) is 2.87. The van der Waals surface area contributed by atoms with E-state index in [4.69, 9.17) is 10.00 Å². The van der Waals surface area contributed by atoms with Crippen molar-refractivity contribution in [1.29, 1.82) is 5.26 Å². The van der Waals surface area contributed by atoms with Crippen LogP contribution in [0.25, 0.3) is 0 Å². The Kier molecular flexibility index (Phi) is 6.45. The maximum atomic E-state index is 11.7. The Balaban J connectivity index is 2.30. The van der Waals surface area contributed by atoms with Gasteiger partial charge in [0.25, 0.3) is 0 Å². The zero-order valence-corrected chi connectivity index (χ0v) is 11.7. The average Bonchev–Trinajstić information content (AvgIpc) is 2.42. The van der Waals surface area contributed by atoms with E-state index in [1.165, 1.54) is 0 Å². The molecule has 1 aromatic carbocycles. The first-order valence-corrected chi connectivity index (χ1v) is 7.55. The maximum Gasteiger partial charge on any atom is 0.120 e. The lowest BCUT2D eigenvalue weighted by Crippen LogP contribution is -2.14. The SMILES string of the molecule is CCC(C)S(=O)CCCOc1cccc(C#N)c1. The molecule has 0 N–H and O–H groups in total. The van der Waals surface area contributed by atoms with E-state index in [-0.39, 0.29) is 5.25 Å². The van der Waals surface area contributed by atoms with Gasteiger partial charge in [-0.3, -0.25) is 4.21 Å². The van der Waals surface area contributed by atoms with Crippen molar-refractivity contribution < 1.29 is 8.95 Å². The van der Waals surface area contributed by atoms with Gasteiger partial charge in [0.15, 0.2) is 0 Å². The molecule has 1 rings (SSSR count). The van der Waals surface area contributed by atoms with Crippen molar-refractivity contribution in [3.05, 3.63) is 29.8 Å². The normalized spacial score (nSPS) is 13.6. The van der Waals surface area contributed by atoms with Crippen molar-refractivity contribution in [2.75, 3.05) is 12.4 Å². The van der Waals surface area contributed by atoms with E-state index in [1.807, 2.05) is 19.9 Å². The first-order chi connectivity index (χ1) is 8.67. The van der Waals surface area contributed by atoms with E-state index >= 15 is 0 Å². The first kappa shape index (κ1) is 14.7. The highest BCUT2D eigenvalue weighted by molar-refractivity contribution is 7.85. The second-order valence-electron chi connectivity index (χ2n) is 4.15. The number of ether oxygens (including phenoxy) is 1. The number of hydrogen-bond acceptors (Lipinski definition) is 3. The van der Waals surface area contributed by atoms with Gasteiger partial charge in [-0.1, -0.05) is 19.9 Å². The second kappa shape index (κ2) is 7.88. The quantitative estimate of drug-likeness (QED) is 0.712.